The maximum absolute atomic E-state index is 12.4. The van der Waals surface area contributed by atoms with Crippen molar-refractivity contribution in [2.45, 2.75) is 18.4 Å². The van der Waals surface area contributed by atoms with Gasteiger partial charge >= 0.3 is 5.97 Å². The van der Waals surface area contributed by atoms with Crippen LogP contribution in [0.25, 0.3) is 0 Å². The topological polar surface area (TPSA) is 99.5 Å². The Morgan fingerprint density at radius 3 is 2.64 bits per heavy atom. The first kappa shape index (κ1) is 19.4. The Kier molecular flexibility index (Phi) is 6.20. The van der Waals surface area contributed by atoms with Crippen molar-refractivity contribution in [3.63, 3.8) is 0 Å². The molecule has 0 radical (unpaired) electrons. The van der Waals surface area contributed by atoms with Crippen molar-refractivity contribution < 1.29 is 22.7 Å². The second-order valence-corrected chi connectivity index (χ2v) is 7.80. The number of sulfonamides is 1. The Labute approximate surface area is 154 Å². The summed E-state index contributed by atoms with van der Waals surface area (Å²) in [5.41, 5.74) is 1.56. The lowest BCUT2D eigenvalue weighted by Gasteiger charge is -2.10. The van der Waals surface area contributed by atoms with Crippen LogP contribution in [-0.4, -0.2) is 37.9 Å². The summed E-state index contributed by atoms with van der Waals surface area (Å²) >= 11 is 3.24. The molecule has 0 unspecified atom stereocenters. The van der Waals surface area contributed by atoms with E-state index in [4.69, 9.17) is 4.74 Å². The number of nitrogens with one attached hydrogen (secondary N) is 1. The summed E-state index contributed by atoms with van der Waals surface area (Å²) in [6.07, 6.45) is 0. The molecule has 0 aliphatic rings. The van der Waals surface area contributed by atoms with Crippen LogP contribution in [0.5, 0.6) is 5.75 Å². The Hall–Kier alpha value is -1.91. The average Bonchev–Trinajstić information content (AvgIpc) is 2.89. The number of halogens is 1. The lowest BCUT2D eigenvalue weighted by Crippen LogP contribution is -2.24. The molecule has 1 N–H and O–H groups in total. The van der Waals surface area contributed by atoms with Crippen LogP contribution in [0.2, 0.25) is 0 Å². The van der Waals surface area contributed by atoms with Gasteiger partial charge in [0.1, 0.15) is 5.75 Å². The monoisotopic (exact) mass is 431 g/mol. The van der Waals surface area contributed by atoms with E-state index in [1.165, 1.54) is 25.3 Å². The third kappa shape index (κ3) is 5.03. The quantitative estimate of drug-likeness (QED) is 0.667. The molecule has 1 aromatic carbocycles. The third-order valence-electron chi connectivity index (χ3n) is 3.33. The van der Waals surface area contributed by atoms with E-state index in [1.54, 1.807) is 11.7 Å². The molecule has 0 aliphatic carbocycles. The number of methoxy groups -OCH3 is 1. The molecule has 1 heterocycles. The summed E-state index contributed by atoms with van der Waals surface area (Å²) in [6.45, 7) is 1.69. The number of carbonyl (C=O) groups excluding carboxylic acids is 1. The van der Waals surface area contributed by atoms with E-state index in [0.717, 1.165) is 11.4 Å². The predicted octanol–water partition coefficient (Wildman–Crippen LogP) is 1.52. The first-order valence-corrected chi connectivity index (χ1v) is 9.49. The molecule has 0 aliphatic heterocycles. The molecule has 0 amide bonds. The molecule has 0 atom stereocenters. The molecule has 2 aromatic rings. The minimum Gasteiger partial charge on any atom is -0.481 e. The second-order valence-electron chi connectivity index (χ2n) is 5.18. The molecule has 136 valence electrons. The molecule has 0 spiro atoms. The fourth-order valence-corrected chi connectivity index (χ4v) is 3.71. The van der Waals surface area contributed by atoms with Gasteiger partial charge in [-0.15, -0.1) is 0 Å². The smallest absolute Gasteiger partial charge is 0.343 e. The van der Waals surface area contributed by atoms with Crippen LogP contribution < -0.4 is 9.46 Å². The molecule has 0 saturated heterocycles. The highest BCUT2D eigenvalue weighted by molar-refractivity contribution is 9.10. The Bertz CT molecular complexity index is 879. The van der Waals surface area contributed by atoms with E-state index in [9.17, 15) is 13.2 Å². The summed E-state index contributed by atoms with van der Waals surface area (Å²) in [5.74, 6) is -0.191. The van der Waals surface area contributed by atoms with Crippen LogP contribution in [0.4, 0.5) is 0 Å². The lowest BCUT2D eigenvalue weighted by molar-refractivity contribution is -0.142. The molecular formula is C15H18BrN3O5S. The molecule has 10 heteroatoms. The molecule has 25 heavy (non-hydrogen) atoms. The van der Waals surface area contributed by atoms with Crippen LogP contribution in [0.3, 0.4) is 0 Å². The normalized spacial score (nSPS) is 11.4. The van der Waals surface area contributed by atoms with E-state index in [2.05, 4.69) is 30.5 Å². The van der Waals surface area contributed by atoms with Crippen molar-refractivity contribution in [3.8, 4) is 5.75 Å². The Morgan fingerprint density at radius 1 is 1.36 bits per heavy atom. The lowest BCUT2D eigenvalue weighted by atomic mass is 10.3. The SMILES string of the molecule is COC(=O)COc1ccc(S(=O)(=O)NCc2cc(C)nn2C)cc1Br. The number of nitrogens with zero attached hydrogens (tertiary/aromatic N) is 2. The largest absolute Gasteiger partial charge is 0.481 e. The fraction of sp³-hybridized carbons (Fsp3) is 0.333. The second kappa shape index (κ2) is 7.98. The molecule has 8 nitrogen and oxygen atoms in total. The van der Waals surface area contributed by atoms with E-state index in [-0.39, 0.29) is 18.0 Å². The zero-order chi connectivity index (χ0) is 18.6. The Morgan fingerprint density at radius 2 is 2.08 bits per heavy atom. The number of benzene rings is 1. The number of aromatic nitrogens is 2. The van der Waals surface area contributed by atoms with Gasteiger partial charge in [-0.1, -0.05) is 0 Å². The van der Waals surface area contributed by atoms with Gasteiger partial charge < -0.3 is 9.47 Å². The van der Waals surface area contributed by atoms with Crippen LogP contribution >= 0.6 is 15.9 Å². The molecular weight excluding hydrogens is 414 g/mol. The highest BCUT2D eigenvalue weighted by atomic mass is 79.9. The van der Waals surface area contributed by atoms with Gasteiger partial charge in [-0.2, -0.15) is 5.10 Å². The van der Waals surface area contributed by atoms with Crippen molar-refractivity contribution in [3.05, 3.63) is 40.1 Å². The number of rotatable bonds is 7. The van der Waals surface area contributed by atoms with E-state index >= 15 is 0 Å². The summed E-state index contributed by atoms with van der Waals surface area (Å²) in [4.78, 5) is 11.2. The third-order valence-corrected chi connectivity index (χ3v) is 5.35. The van der Waals surface area contributed by atoms with Crippen LogP contribution in [-0.2, 0) is 33.1 Å². The minimum absolute atomic E-state index is 0.0729. The molecule has 0 fully saturated rings. The summed E-state index contributed by atoms with van der Waals surface area (Å²) in [6, 6.07) is 6.08. The van der Waals surface area contributed by atoms with Crippen LogP contribution in [0.15, 0.2) is 33.6 Å². The summed E-state index contributed by atoms with van der Waals surface area (Å²) < 4.78 is 39.1. The van der Waals surface area contributed by atoms with Gasteiger partial charge in [-0.3, -0.25) is 4.68 Å². The van der Waals surface area contributed by atoms with Gasteiger partial charge in [0.15, 0.2) is 6.61 Å². The van der Waals surface area contributed by atoms with Gasteiger partial charge in [0, 0.05) is 7.05 Å². The molecule has 0 saturated carbocycles. The van der Waals surface area contributed by atoms with Crippen molar-refractivity contribution >= 4 is 31.9 Å². The van der Waals surface area contributed by atoms with Crippen molar-refractivity contribution in [1.29, 1.82) is 0 Å². The number of aryl methyl sites for hydroxylation is 2. The fourth-order valence-electron chi connectivity index (χ4n) is 2.04. The predicted molar refractivity (Wildman–Crippen MR) is 93.6 cm³/mol. The Balaban J connectivity index is 2.10. The van der Waals surface area contributed by atoms with E-state index in [1.807, 2.05) is 13.0 Å². The van der Waals surface area contributed by atoms with Gasteiger partial charge in [0.2, 0.25) is 10.0 Å². The average molecular weight is 432 g/mol. The zero-order valence-corrected chi connectivity index (χ0v) is 16.3. The maximum atomic E-state index is 12.4. The maximum Gasteiger partial charge on any atom is 0.343 e. The number of carbonyl (C=O) groups is 1. The van der Waals surface area contributed by atoms with Gasteiger partial charge in [-0.05, 0) is 47.1 Å². The summed E-state index contributed by atoms with van der Waals surface area (Å²) in [7, 11) is -0.703. The number of ether oxygens (including phenoxy) is 2. The van der Waals surface area contributed by atoms with Gasteiger partial charge in [-0.25, -0.2) is 17.9 Å². The van der Waals surface area contributed by atoms with Crippen molar-refractivity contribution in [1.82, 2.24) is 14.5 Å². The highest BCUT2D eigenvalue weighted by Gasteiger charge is 2.17. The first-order valence-electron chi connectivity index (χ1n) is 7.21. The molecule has 2 rings (SSSR count). The van der Waals surface area contributed by atoms with Crippen molar-refractivity contribution in [2.75, 3.05) is 13.7 Å². The number of hydrogen-bond acceptors (Lipinski definition) is 6. The standard InChI is InChI=1S/C15H18BrN3O5S/c1-10-6-11(19(2)18-10)8-17-25(21,22)12-4-5-14(13(16)7-12)24-9-15(20)23-3/h4-7,17H,8-9H2,1-3H3. The van der Waals surface area contributed by atoms with Crippen LogP contribution in [0.1, 0.15) is 11.4 Å². The van der Waals surface area contributed by atoms with Crippen molar-refractivity contribution in [2.24, 2.45) is 7.05 Å². The van der Waals surface area contributed by atoms with E-state index in [0.29, 0.717) is 10.2 Å². The van der Waals surface area contributed by atoms with E-state index < -0.39 is 16.0 Å². The minimum atomic E-state index is -3.71. The van der Waals surface area contributed by atoms with Gasteiger partial charge in [0.05, 0.1) is 34.4 Å². The van der Waals surface area contributed by atoms with Crippen LogP contribution in [0, 0.1) is 6.92 Å². The number of hydrogen-bond donors (Lipinski definition) is 1. The number of esters is 1. The summed E-state index contributed by atoms with van der Waals surface area (Å²) in [5, 5.41) is 4.17. The van der Waals surface area contributed by atoms with Gasteiger partial charge in [0.25, 0.3) is 0 Å². The molecule has 0 bridgehead atoms. The molecule has 1 aromatic heterocycles. The highest BCUT2D eigenvalue weighted by Crippen LogP contribution is 2.28. The zero-order valence-electron chi connectivity index (χ0n) is 13.9. The first-order chi connectivity index (χ1) is 11.7.